The number of hydrogen-bond donors (Lipinski definition) is 1. The Morgan fingerprint density at radius 3 is 2.44 bits per heavy atom. The molecule has 2 rings (SSSR count). The molecule has 0 radical (unpaired) electrons. The van der Waals surface area contributed by atoms with Crippen molar-refractivity contribution in [3.05, 3.63) is 35.4 Å². The Hall–Kier alpha value is -0.120. The van der Waals surface area contributed by atoms with Gasteiger partial charge in [0.05, 0.1) is 0 Å². The zero-order valence-electron chi connectivity index (χ0n) is 11.3. The molecule has 1 fully saturated rings. The van der Waals surface area contributed by atoms with Gasteiger partial charge in [0.25, 0.3) is 0 Å². The molecule has 100 valence electrons. The number of nitrogens with two attached hydrogens (primary N) is 1. The standard InChI is InChI=1S/C15H23NS2/c1-3-11-5-7-12(8-6-11)14(16)15-13(4-2)17-9-10-18-15/h5-8,13-15H,3-4,9-10,16H2,1-2H3. The molecule has 3 unspecified atom stereocenters. The Balaban J connectivity index is 2.10. The van der Waals surface area contributed by atoms with Crippen molar-refractivity contribution in [2.24, 2.45) is 5.73 Å². The highest BCUT2D eigenvalue weighted by molar-refractivity contribution is 8.07. The van der Waals surface area contributed by atoms with Crippen LogP contribution < -0.4 is 5.73 Å². The number of rotatable bonds is 4. The minimum atomic E-state index is 0.179. The molecule has 2 N–H and O–H groups in total. The van der Waals surface area contributed by atoms with E-state index in [-0.39, 0.29) is 6.04 Å². The summed E-state index contributed by atoms with van der Waals surface area (Å²) in [5.41, 5.74) is 9.18. The molecular formula is C15H23NS2. The van der Waals surface area contributed by atoms with Crippen molar-refractivity contribution in [3.8, 4) is 0 Å². The van der Waals surface area contributed by atoms with Crippen LogP contribution >= 0.6 is 23.5 Å². The SMILES string of the molecule is CCc1ccc(C(N)C2SCCSC2CC)cc1. The summed E-state index contributed by atoms with van der Waals surface area (Å²) in [6, 6.07) is 9.05. The molecular weight excluding hydrogens is 258 g/mol. The summed E-state index contributed by atoms with van der Waals surface area (Å²) >= 11 is 4.16. The highest BCUT2D eigenvalue weighted by Crippen LogP contribution is 2.39. The summed E-state index contributed by atoms with van der Waals surface area (Å²) in [6.07, 6.45) is 2.32. The van der Waals surface area contributed by atoms with Gasteiger partial charge in [0, 0.05) is 28.0 Å². The third kappa shape index (κ3) is 3.25. The second-order valence-corrected chi connectivity index (χ2v) is 7.41. The first-order valence-corrected chi connectivity index (χ1v) is 8.93. The van der Waals surface area contributed by atoms with Crippen molar-refractivity contribution in [2.75, 3.05) is 11.5 Å². The molecule has 1 aromatic carbocycles. The maximum Gasteiger partial charge on any atom is 0.0426 e. The van der Waals surface area contributed by atoms with Crippen LogP contribution in [0.4, 0.5) is 0 Å². The maximum absolute atomic E-state index is 6.49. The van der Waals surface area contributed by atoms with E-state index in [0.29, 0.717) is 10.5 Å². The van der Waals surface area contributed by atoms with Crippen molar-refractivity contribution >= 4 is 23.5 Å². The van der Waals surface area contributed by atoms with Gasteiger partial charge in [-0.05, 0) is 24.0 Å². The quantitative estimate of drug-likeness (QED) is 0.907. The van der Waals surface area contributed by atoms with E-state index in [9.17, 15) is 0 Å². The van der Waals surface area contributed by atoms with Gasteiger partial charge >= 0.3 is 0 Å². The van der Waals surface area contributed by atoms with E-state index in [4.69, 9.17) is 5.73 Å². The van der Waals surface area contributed by atoms with E-state index in [1.165, 1.54) is 29.1 Å². The summed E-state index contributed by atoms with van der Waals surface area (Å²) in [5, 5.41) is 1.28. The van der Waals surface area contributed by atoms with Crippen LogP contribution in [0.3, 0.4) is 0 Å². The third-order valence-electron chi connectivity index (χ3n) is 3.62. The Bertz CT molecular complexity index is 363. The topological polar surface area (TPSA) is 26.0 Å². The Labute approximate surface area is 119 Å². The number of aryl methyl sites for hydroxylation is 1. The molecule has 1 heterocycles. The van der Waals surface area contributed by atoms with E-state index in [2.05, 4.69) is 61.6 Å². The van der Waals surface area contributed by atoms with Crippen LogP contribution in [0.2, 0.25) is 0 Å². The predicted molar refractivity (Wildman–Crippen MR) is 85.5 cm³/mol. The summed E-state index contributed by atoms with van der Waals surface area (Å²) in [5.74, 6) is 2.52. The van der Waals surface area contributed by atoms with Gasteiger partial charge in [-0.15, -0.1) is 0 Å². The lowest BCUT2D eigenvalue weighted by Crippen LogP contribution is -2.35. The number of thioether (sulfide) groups is 2. The Morgan fingerprint density at radius 2 is 1.83 bits per heavy atom. The summed E-state index contributed by atoms with van der Waals surface area (Å²) in [4.78, 5) is 0. The molecule has 18 heavy (non-hydrogen) atoms. The smallest absolute Gasteiger partial charge is 0.0426 e. The molecule has 1 aromatic rings. The highest BCUT2D eigenvalue weighted by atomic mass is 32.2. The molecule has 1 saturated heterocycles. The van der Waals surface area contributed by atoms with Gasteiger partial charge in [0.2, 0.25) is 0 Å². The Morgan fingerprint density at radius 1 is 1.17 bits per heavy atom. The molecule has 0 aliphatic carbocycles. The first-order chi connectivity index (χ1) is 8.76. The van der Waals surface area contributed by atoms with E-state index >= 15 is 0 Å². The van der Waals surface area contributed by atoms with Gasteiger partial charge in [-0.1, -0.05) is 38.1 Å². The average molecular weight is 281 g/mol. The summed E-state index contributed by atoms with van der Waals surface area (Å²) in [7, 11) is 0. The van der Waals surface area contributed by atoms with Crippen LogP contribution in [0.25, 0.3) is 0 Å². The zero-order chi connectivity index (χ0) is 13.0. The molecule has 3 atom stereocenters. The van der Waals surface area contributed by atoms with Gasteiger partial charge in [0.1, 0.15) is 0 Å². The monoisotopic (exact) mass is 281 g/mol. The average Bonchev–Trinajstić information content (AvgIpc) is 2.46. The van der Waals surface area contributed by atoms with Gasteiger partial charge in [-0.3, -0.25) is 0 Å². The Kier molecular flexibility index (Phi) is 5.46. The highest BCUT2D eigenvalue weighted by Gasteiger charge is 2.30. The lowest BCUT2D eigenvalue weighted by atomic mass is 9.99. The fourth-order valence-corrected chi connectivity index (χ4v) is 5.62. The van der Waals surface area contributed by atoms with Crippen molar-refractivity contribution in [1.82, 2.24) is 0 Å². The molecule has 1 nitrogen and oxygen atoms in total. The van der Waals surface area contributed by atoms with E-state index < -0.39 is 0 Å². The predicted octanol–water partition coefficient (Wildman–Crippen LogP) is 3.88. The van der Waals surface area contributed by atoms with Crippen LogP contribution in [-0.4, -0.2) is 22.0 Å². The second-order valence-electron chi connectivity index (χ2n) is 4.77. The van der Waals surface area contributed by atoms with Crippen molar-refractivity contribution in [3.63, 3.8) is 0 Å². The van der Waals surface area contributed by atoms with Gasteiger partial charge in [-0.25, -0.2) is 0 Å². The first-order valence-electron chi connectivity index (χ1n) is 6.83. The molecule has 1 aliphatic rings. The second kappa shape index (κ2) is 6.88. The molecule has 0 aromatic heterocycles. The van der Waals surface area contributed by atoms with Crippen LogP contribution in [0, 0.1) is 0 Å². The largest absolute Gasteiger partial charge is 0.323 e. The maximum atomic E-state index is 6.49. The molecule has 0 spiro atoms. The first kappa shape index (κ1) is 14.3. The fourth-order valence-electron chi connectivity index (χ4n) is 2.44. The lowest BCUT2D eigenvalue weighted by molar-refractivity contribution is 0.630. The number of benzene rings is 1. The molecule has 0 saturated carbocycles. The van der Waals surface area contributed by atoms with Crippen molar-refractivity contribution in [1.29, 1.82) is 0 Å². The van der Waals surface area contributed by atoms with Crippen molar-refractivity contribution < 1.29 is 0 Å². The van der Waals surface area contributed by atoms with Crippen LogP contribution in [0.5, 0.6) is 0 Å². The van der Waals surface area contributed by atoms with Crippen LogP contribution in [0.15, 0.2) is 24.3 Å². The van der Waals surface area contributed by atoms with E-state index in [0.717, 1.165) is 6.42 Å². The lowest BCUT2D eigenvalue weighted by Gasteiger charge is -2.34. The normalized spacial score (nSPS) is 25.9. The molecule has 0 bridgehead atoms. The summed E-state index contributed by atoms with van der Waals surface area (Å²) < 4.78 is 0. The molecule has 1 aliphatic heterocycles. The van der Waals surface area contributed by atoms with Crippen molar-refractivity contribution in [2.45, 2.75) is 43.2 Å². The molecule has 3 heteroatoms. The summed E-state index contributed by atoms with van der Waals surface area (Å²) in [6.45, 7) is 4.47. The zero-order valence-corrected chi connectivity index (χ0v) is 12.9. The van der Waals surface area contributed by atoms with E-state index in [1.54, 1.807) is 0 Å². The minimum Gasteiger partial charge on any atom is -0.323 e. The van der Waals surface area contributed by atoms with Crippen LogP contribution in [0.1, 0.15) is 37.4 Å². The third-order valence-corrected chi connectivity index (χ3v) is 6.99. The van der Waals surface area contributed by atoms with Crippen LogP contribution in [-0.2, 0) is 6.42 Å². The molecule has 0 amide bonds. The van der Waals surface area contributed by atoms with Gasteiger partial charge in [-0.2, -0.15) is 23.5 Å². The fraction of sp³-hybridized carbons (Fsp3) is 0.600. The minimum absolute atomic E-state index is 0.179. The van der Waals surface area contributed by atoms with Gasteiger partial charge in [0.15, 0.2) is 0 Å². The number of hydrogen-bond acceptors (Lipinski definition) is 3. The van der Waals surface area contributed by atoms with E-state index in [1.807, 2.05) is 0 Å². The van der Waals surface area contributed by atoms with Gasteiger partial charge < -0.3 is 5.73 Å².